The quantitative estimate of drug-likeness (QED) is 0.891. The van der Waals surface area contributed by atoms with Gasteiger partial charge in [0, 0.05) is 31.4 Å². The summed E-state index contributed by atoms with van der Waals surface area (Å²) in [6.07, 6.45) is 4.63. The Bertz CT molecular complexity index is 440. The van der Waals surface area contributed by atoms with Gasteiger partial charge in [0.25, 0.3) is 0 Å². The van der Waals surface area contributed by atoms with Crippen LogP contribution in [0.1, 0.15) is 51.7 Å². The maximum Gasteiger partial charge on any atom is 0.131 e. The van der Waals surface area contributed by atoms with E-state index in [1.165, 1.54) is 29.8 Å². The summed E-state index contributed by atoms with van der Waals surface area (Å²) in [4.78, 5) is 7.27. The standard InChI is InChI=1S/C17H29N3/c1-12(2)16-7-6-8-20(16)17-14(5)9-15(11-19-17)10-18-13(3)4/h9,11-13,16,18H,6-8,10H2,1-5H3. The Hall–Kier alpha value is -1.09. The number of aromatic nitrogens is 1. The van der Waals surface area contributed by atoms with Crippen LogP contribution < -0.4 is 10.2 Å². The van der Waals surface area contributed by atoms with Crippen LogP contribution in [0.15, 0.2) is 12.3 Å². The SMILES string of the molecule is Cc1cc(CNC(C)C)cnc1N1CCCC1C(C)C. The van der Waals surface area contributed by atoms with Gasteiger partial charge in [-0.2, -0.15) is 0 Å². The van der Waals surface area contributed by atoms with Gasteiger partial charge < -0.3 is 10.2 Å². The first-order valence-electron chi connectivity index (χ1n) is 7.94. The van der Waals surface area contributed by atoms with E-state index in [0.717, 1.165) is 13.1 Å². The molecule has 0 bridgehead atoms. The Labute approximate surface area is 123 Å². The molecule has 1 aliphatic heterocycles. The van der Waals surface area contributed by atoms with Gasteiger partial charge in [-0.05, 0) is 42.9 Å². The summed E-state index contributed by atoms with van der Waals surface area (Å²) < 4.78 is 0. The third kappa shape index (κ3) is 3.51. The minimum Gasteiger partial charge on any atom is -0.353 e. The van der Waals surface area contributed by atoms with Crippen molar-refractivity contribution >= 4 is 5.82 Å². The molecule has 3 heteroatoms. The van der Waals surface area contributed by atoms with E-state index in [-0.39, 0.29) is 0 Å². The molecule has 0 amide bonds. The fourth-order valence-corrected chi connectivity index (χ4v) is 3.09. The summed E-state index contributed by atoms with van der Waals surface area (Å²) in [5, 5.41) is 3.45. The maximum atomic E-state index is 4.76. The van der Waals surface area contributed by atoms with Crippen LogP contribution in [0.4, 0.5) is 5.82 Å². The zero-order chi connectivity index (χ0) is 14.7. The highest BCUT2D eigenvalue weighted by Crippen LogP contribution is 2.30. The molecular weight excluding hydrogens is 246 g/mol. The molecule has 1 fully saturated rings. The molecule has 1 aliphatic rings. The molecule has 1 aromatic rings. The van der Waals surface area contributed by atoms with Gasteiger partial charge >= 0.3 is 0 Å². The van der Waals surface area contributed by atoms with Gasteiger partial charge in [-0.15, -0.1) is 0 Å². The third-order valence-corrected chi connectivity index (χ3v) is 4.16. The molecule has 0 spiro atoms. The molecule has 112 valence electrons. The van der Waals surface area contributed by atoms with Gasteiger partial charge in [0.2, 0.25) is 0 Å². The monoisotopic (exact) mass is 275 g/mol. The van der Waals surface area contributed by atoms with Crippen molar-refractivity contribution in [3.05, 3.63) is 23.4 Å². The van der Waals surface area contributed by atoms with Gasteiger partial charge in [0.1, 0.15) is 5.82 Å². The predicted molar refractivity (Wildman–Crippen MR) is 86.2 cm³/mol. The van der Waals surface area contributed by atoms with Crippen LogP contribution in [0.3, 0.4) is 0 Å². The Balaban J connectivity index is 2.13. The minimum absolute atomic E-state index is 0.513. The van der Waals surface area contributed by atoms with Crippen LogP contribution in [0.5, 0.6) is 0 Å². The fourth-order valence-electron chi connectivity index (χ4n) is 3.09. The van der Waals surface area contributed by atoms with Gasteiger partial charge in [-0.25, -0.2) is 4.98 Å². The van der Waals surface area contributed by atoms with Crippen LogP contribution in [0.2, 0.25) is 0 Å². The topological polar surface area (TPSA) is 28.2 Å². The number of anilines is 1. The fraction of sp³-hybridized carbons (Fsp3) is 0.706. The largest absolute Gasteiger partial charge is 0.353 e. The summed E-state index contributed by atoms with van der Waals surface area (Å²) in [5.41, 5.74) is 2.58. The summed E-state index contributed by atoms with van der Waals surface area (Å²) in [7, 11) is 0. The van der Waals surface area contributed by atoms with Crippen molar-refractivity contribution in [2.45, 2.75) is 66.1 Å². The summed E-state index contributed by atoms with van der Waals surface area (Å²) in [6, 6.07) is 3.45. The highest BCUT2D eigenvalue weighted by molar-refractivity contribution is 5.49. The second-order valence-electron chi connectivity index (χ2n) is 6.67. The first-order chi connectivity index (χ1) is 9.49. The molecule has 0 aromatic carbocycles. The van der Waals surface area contributed by atoms with Crippen molar-refractivity contribution in [2.24, 2.45) is 5.92 Å². The van der Waals surface area contributed by atoms with E-state index in [0.29, 0.717) is 18.0 Å². The van der Waals surface area contributed by atoms with Crippen molar-refractivity contribution in [1.29, 1.82) is 0 Å². The van der Waals surface area contributed by atoms with Crippen LogP contribution >= 0.6 is 0 Å². The zero-order valence-electron chi connectivity index (χ0n) is 13.6. The van der Waals surface area contributed by atoms with Crippen LogP contribution in [-0.4, -0.2) is 23.6 Å². The van der Waals surface area contributed by atoms with Crippen molar-refractivity contribution in [3.63, 3.8) is 0 Å². The van der Waals surface area contributed by atoms with Gasteiger partial charge in [-0.1, -0.05) is 27.7 Å². The van der Waals surface area contributed by atoms with E-state index in [4.69, 9.17) is 4.98 Å². The van der Waals surface area contributed by atoms with Gasteiger partial charge in [-0.3, -0.25) is 0 Å². The Kier molecular flexibility index (Phi) is 5.03. The maximum absolute atomic E-state index is 4.76. The minimum atomic E-state index is 0.513. The second-order valence-corrected chi connectivity index (χ2v) is 6.67. The molecular formula is C17H29N3. The van der Waals surface area contributed by atoms with Gasteiger partial charge in [0.05, 0.1) is 0 Å². The van der Waals surface area contributed by atoms with E-state index in [9.17, 15) is 0 Å². The Morgan fingerprint density at radius 2 is 2.10 bits per heavy atom. The number of nitrogens with one attached hydrogen (secondary N) is 1. The highest BCUT2D eigenvalue weighted by atomic mass is 15.2. The average Bonchev–Trinajstić information content (AvgIpc) is 2.85. The first kappa shape index (κ1) is 15.3. The van der Waals surface area contributed by atoms with Crippen LogP contribution in [0, 0.1) is 12.8 Å². The number of nitrogens with zero attached hydrogens (tertiary/aromatic N) is 2. The molecule has 1 unspecified atom stereocenters. The molecule has 0 radical (unpaired) electrons. The third-order valence-electron chi connectivity index (χ3n) is 4.16. The number of hydrogen-bond donors (Lipinski definition) is 1. The molecule has 1 N–H and O–H groups in total. The Morgan fingerprint density at radius 3 is 2.70 bits per heavy atom. The van der Waals surface area contributed by atoms with Crippen molar-refractivity contribution < 1.29 is 0 Å². The van der Waals surface area contributed by atoms with Gasteiger partial charge in [0.15, 0.2) is 0 Å². The average molecular weight is 275 g/mol. The lowest BCUT2D eigenvalue weighted by Gasteiger charge is -2.30. The van der Waals surface area contributed by atoms with E-state index in [1.54, 1.807) is 0 Å². The predicted octanol–water partition coefficient (Wildman–Crippen LogP) is 3.51. The molecule has 0 saturated carbocycles. The molecule has 1 saturated heterocycles. The molecule has 2 rings (SSSR count). The molecule has 1 atom stereocenters. The second kappa shape index (κ2) is 6.57. The zero-order valence-corrected chi connectivity index (χ0v) is 13.6. The lowest BCUT2D eigenvalue weighted by atomic mass is 10.0. The summed E-state index contributed by atoms with van der Waals surface area (Å²) >= 11 is 0. The highest BCUT2D eigenvalue weighted by Gasteiger charge is 2.28. The number of hydrogen-bond acceptors (Lipinski definition) is 3. The Morgan fingerprint density at radius 1 is 1.35 bits per heavy atom. The molecule has 20 heavy (non-hydrogen) atoms. The first-order valence-corrected chi connectivity index (χ1v) is 7.94. The molecule has 0 aliphatic carbocycles. The van der Waals surface area contributed by atoms with Crippen molar-refractivity contribution in [1.82, 2.24) is 10.3 Å². The summed E-state index contributed by atoms with van der Waals surface area (Å²) in [5.74, 6) is 1.88. The number of aryl methyl sites for hydroxylation is 1. The van der Waals surface area contributed by atoms with Crippen molar-refractivity contribution in [3.8, 4) is 0 Å². The summed E-state index contributed by atoms with van der Waals surface area (Å²) in [6.45, 7) is 13.2. The normalized spacial score (nSPS) is 19.4. The molecule has 3 nitrogen and oxygen atoms in total. The number of rotatable bonds is 5. The lowest BCUT2D eigenvalue weighted by molar-refractivity contribution is 0.489. The van der Waals surface area contributed by atoms with E-state index in [2.05, 4.69) is 50.9 Å². The lowest BCUT2D eigenvalue weighted by Crippen LogP contribution is -2.34. The van der Waals surface area contributed by atoms with Crippen LogP contribution in [-0.2, 0) is 6.54 Å². The van der Waals surface area contributed by atoms with E-state index >= 15 is 0 Å². The van der Waals surface area contributed by atoms with E-state index < -0.39 is 0 Å². The van der Waals surface area contributed by atoms with Crippen LogP contribution in [0.25, 0.3) is 0 Å². The van der Waals surface area contributed by atoms with E-state index in [1.807, 2.05) is 6.20 Å². The smallest absolute Gasteiger partial charge is 0.131 e. The molecule has 1 aromatic heterocycles. The number of pyridine rings is 1. The van der Waals surface area contributed by atoms with Crippen molar-refractivity contribution in [2.75, 3.05) is 11.4 Å². The molecule has 2 heterocycles.